The molecule has 0 bridgehead atoms. The molecule has 2 rings (SSSR count). The van der Waals surface area contributed by atoms with Crippen molar-refractivity contribution in [2.24, 2.45) is 0 Å². The highest BCUT2D eigenvalue weighted by molar-refractivity contribution is 6.32. The van der Waals surface area contributed by atoms with Gasteiger partial charge >= 0.3 is 0 Å². The van der Waals surface area contributed by atoms with Crippen molar-refractivity contribution in [1.29, 1.82) is 0 Å². The highest BCUT2D eigenvalue weighted by Crippen LogP contribution is 2.32. The summed E-state index contributed by atoms with van der Waals surface area (Å²) in [4.78, 5) is 0. The van der Waals surface area contributed by atoms with Crippen LogP contribution in [-0.2, 0) is 0 Å². The minimum absolute atomic E-state index is 0.886. The van der Waals surface area contributed by atoms with Crippen LogP contribution in [0.5, 0.6) is 0 Å². The van der Waals surface area contributed by atoms with Crippen LogP contribution in [-0.4, -0.2) is 0 Å². The molecule has 0 fully saturated rings. The normalized spacial score (nSPS) is 10.5. The van der Waals surface area contributed by atoms with Gasteiger partial charge in [-0.1, -0.05) is 41.9 Å². The molecule has 0 nitrogen and oxygen atoms in total. The van der Waals surface area contributed by atoms with E-state index in [0.717, 1.165) is 10.6 Å². The molecule has 0 aliphatic rings. The van der Waals surface area contributed by atoms with Crippen LogP contribution in [0.4, 0.5) is 0 Å². The number of hydrogen-bond acceptors (Lipinski definition) is 0. The summed E-state index contributed by atoms with van der Waals surface area (Å²) in [6.45, 7) is 6.27. The molecular weight excluding hydrogens is 216 g/mol. The van der Waals surface area contributed by atoms with Crippen LogP contribution in [0.25, 0.3) is 11.1 Å². The maximum absolute atomic E-state index is 6.24. The van der Waals surface area contributed by atoms with Crippen LogP contribution in [0.1, 0.15) is 16.7 Å². The third kappa shape index (κ3) is 1.85. The fraction of sp³-hybridized carbons (Fsp3) is 0.200. The van der Waals surface area contributed by atoms with Gasteiger partial charge in [0.1, 0.15) is 0 Å². The first-order valence-electron chi connectivity index (χ1n) is 5.43. The van der Waals surface area contributed by atoms with Gasteiger partial charge < -0.3 is 0 Å². The standard InChI is InChI=1S/C15H15Cl/c1-10-9-14(11(2)12(3)15(10)16)13-7-5-4-6-8-13/h4-9H,1-3H3. The third-order valence-electron chi connectivity index (χ3n) is 3.09. The van der Waals surface area contributed by atoms with Gasteiger partial charge in [-0.2, -0.15) is 0 Å². The van der Waals surface area contributed by atoms with Gasteiger partial charge in [-0.15, -0.1) is 0 Å². The molecule has 16 heavy (non-hydrogen) atoms. The molecule has 0 heterocycles. The van der Waals surface area contributed by atoms with E-state index in [1.807, 2.05) is 6.07 Å². The predicted octanol–water partition coefficient (Wildman–Crippen LogP) is 4.93. The number of hydrogen-bond donors (Lipinski definition) is 0. The number of halogens is 1. The molecule has 0 amide bonds. The van der Waals surface area contributed by atoms with Crippen molar-refractivity contribution in [2.45, 2.75) is 20.8 Å². The lowest BCUT2D eigenvalue weighted by atomic mass is 9.95. The van der Waals surface area contributed by atoms with Crippen LogP contribution in [0.15, 0.2) is 36.4 Å². The summed E-state index contributed by atoms with van der Waals surface area (Å²) in [5.74, 6) is 0. The Morgan fingerprint density at radius 2 is 1.50 bits per heavy atom. The molecule has 0 radical (unpaired) electrons. The van der Waals surface area contributed by atoms with Crippen molar-refractivity contribution in [3.8, 4) is 11.1 Å². The van der Waals surface area contributed by atoms with Crippen molar-refractivity contribution in [3.63, 3.8) is 0 Å². The van der Waals surface area contributed by atoms with E-state index in [1.165, 1.54) is 22.3 Å². The molecule has 0 aliphatic heterocycles. The average Bonchev–Trinajstić information content (AvgIpc) is 2.32. The second-order valence-electron chi connectivity index (χ2n) is 4.17. The molecule has 1 heteroatoms. The summed E-state index contributed by atoms with van der Waals surface area (Å²) >= 11 is 6.24. The van der Waals surface area contributed by atoms with Crippen molar-refractivity contribution in [3.05, 3.63) is 58.1 Å². The number of benzene rings is 2. The molecule has 2 aromatic carbocycles. The summed E-state index contributed by atoms with van der Waals surface area (Å²) in [5.41, 5.74) is 6.12. The highest BCUT2D eigenvalue weighted by atomic mass is 35.5. The van der Waals surface area contributed by atoms with Crippen molar-refractivity contribution in [2.75, 3.05) is 0 Å². The zero-order valence-corrected chi connectivity index (χ0v) is 10.6. The van der Waals surface area contributed by atoms with Crippen molar-refractivity contribution < 1.29 is 0 Å². The Hall–Kier alpha value is -1.27. The molecule has 0 spiro atoms. The topological polar surface area (TPSA) is 0 Å². The number of rotatable bonds is 1. The van der Waals surface area contributed by atoms with Crippen molar-refractivity contribution in [1.82, 2.24) is 0 Å². The van der Waals surface area contributed by atoms with E-state index in [4.69, 9.17) is 11.6 Å². The largest absolute Gasteiger partial charge is 0.0838 e. The number of aryl methyl sites for hydroxylation is 1. The Bertz CT molecular complexity index is 513. The Balaban J connectivity index is 2.68. The first-order chi connectivity index (χ1) is 7.61. The summed E-state index contributed by atoms with van der Waals surface area (Å²) < 4.78 is 0. The predicted molar refractivity (Wildman–Crippen MR) is 71.1 cm³/mol. The van der Waals surface area contributed by atoms with Crippen LogP contribution < -0.4 is 0 Å². The van der Waals surface area contributed by atoms with Gasteiger partial charge in [0, 0.05) is 5.02 Å². The lowest BCUT2D eigenvalue weighted by molar-refractivity contribution is 1.30. The first-order valence-corrected chi connectivity index (χ1v) is 5.80. The van der Waals surface area contributed by atoms with Crippen LogP contribution in [0, 0.1) is 20.8 Å². The van der Waals surface area contributed by atoms with Gasteiger partial charge in [0.2, 0.25) is 0 Å². The molecule has 0 N–H and O–H groups in total. The average molecular weight is 231 g/mol. The summed E-state index contributed by atoms with van der Waals surface area (Å²) in [6, 6.07) is 12.6. The minimum Gasteiger partial charge on any atom is -0.0838 e. The van der Waals surface area contributed by atoms with E-state index in [2.05, 4.69) is 51.1 Å². The van der Waals surface area contributed by atoms with E-state index in [0.29, 0.717) is 0 Å². The van der Waals surface area contributed by atoms with E-state index >= 15 is 0 Å². The quantitative estimate of drug-likeness (QED) is 0.652. The van der Waals surface area contributed by atoms with Crippen LogP contribution >= 0.6 is 11.6 Å². The van der Waals surface area contributed by atoms with E-state index in [9.17, 15) is 0 Å². The Labute approximate surface area is 102 Å². The van der Waals surface area contributed by atoms with E-state index in [-0.39, 0.29) is 0 Å². The zero-order chi connectivity index (χ0) is 11.7. The second kappa shape index (κ2) is 4.31. The highest BCUT2D eigenvalue weighted by Gasteiger charge is 2.09. The summed E-state index contributed by atoms with van der Waals surface area (Å²) in [5, 5.41) is 0.886. The van der Waals surface area contributed by atoms with Gasteiger partial charge in [0.25, 0.3) is 0 Å². The Morgan fingerprint density at radius 3 is 2.12 bits per heavy atom. The van der Waals surface area contributed by atoms with Gasteiger partial charge in [0.05, 0.1) is 0 Å². The zero-order valence-electron chi connectivity index (χ0n) is 9.84. The van der Waals surface area contributed by atoms with E-state index < -0.39 is 0 Å². The Kier molecular flexibility index (Phi) is 3.02. The fourth-order valence-corrected chi connectivity index (χ4v) is 2.16. The lowest BCUT2D eigenvalue weighted by Gasteiger charge is -2.13. The minimum atomic E-state index is 0.886. The molecule has 0 aliphatic carbocycles. The van der Waals surface area contributed by atoms with Crippen LogP contribution in [0.2, 0.25) is 5.02 Å². The molecule has 0 unspecified atom stereocenters. The van der Waals surface area contributed by atoms with E-state index in [1.54, 1.807) is 0 Å². The lowest BCUT2D eigenvalue weighted by Crippen LogP contribution is -1.91. The third-order valence-corrected chi connectivity index (χ3v) is 3.67. The Morgan fingerprint density at radius 1 is 0.875 bits per heavy atom. The summed E-state index contributed by atoms with van der Waals surface area (Å²) in [6.07, 6.45) is 0. The van der Waals surface area contributed by atoms with Gasteiger partial charge in [-0.05, 0) is 54.7 Å². The monoisotopic (exact) mass is 230 g/mol. The van der Waals surface area contributed by atoms with Gasteiger partial charge in [0.15, 0.2) is 0 Å². The molecular formula is C15H15Cl. The first kappa shape index (κ1) is 11.2. The molecule has 2 aromatic rings. The molecule has 0 saturated carbocycles. The fourth-order valence-electron chi connectivity index (χ4n) is 1.97. The summed E-state index contributed by atoms with van der Waals surface area (Å²) in [7, 11) is 0. The molecule has 0 aromatic heterocycles. The maximum atomic E-state index is 6.24. The van der Waals surface area contributed by atoms with Crippen molar-refractivity contribution >= 4 is 11.6 Å². The SMILES string of the molecule is Cc1cc(-c2ccccc2)c(C)c(C)c1Cl. The van der Waals surface area contributed by atoms with Crippen LogP contribution in [0.3, 0.4) is 0 Å². The second-order valence-corrected chi connectivity index (χ2v) is 4.55. The molecule has 0 saturated heterocycles. The molecule has 0 atom stereocenters. The molecule has 82 valence electrons. The smallest absolute Gasteiger partial charge is 0.0467 e. The van der Waals surface area contributed by atoms with Gasteiger partial charge in [-0.3, -0.25) is 0 Å². The maximum Gasteiger partial charge on any atom is 0.0467 e. The van der Waals surface area contributed by atoms with Gasteiger partial charge in [-0.25, -0.2) is 0 Å².